The molecule has 5 rings (SSSR count). The second kappa shape index (κ2) is 8.49. The number of amidine groups is 1. The third kappa shape index (κ3) is 4.62. The molecule has 0 saturated heterocycles. The molecule has 1 amide bonds. The summed E-state index contributed by atoms with van der Waals surface area (Å²) in [6, 6.07) is 11.4. The van der Waals surface area contributed by atoms with Crippen molar-refractivity contribution in [2.24, 2.45) is 4.99 Å². The molecule has 0 saturated carbocycles. The van der Waals surface area contributed by atoms with Gasteiger partial charge in [-0.1, -0.05) is 0 Å². The van der Waals surface area contributed by atoms with E-state index in [-0.39, 0.29) is 11.7 Å². The number of anilines is 3. The van der Waals surface area contributed by atoms with Gasteiger partial charge in [0.1, 0.15) is 0 Å². The maximum atomic E-state index is 14.8. The number of hydrogen-bond donors (Lipinski definition) is 4. The third-order valence-electron chi connectivity index (χ3n) is 5.06. The molecular weight excluding hydrogens is 554 g/mol. The van der Waals surface area contributed by atoms with Crippen LogP contribution in [0.15, 0.2) is 66.1 Å². The first-order valence-electron chi connectivity index (χ1n) is 10.2. The summed E-state index contributed by atoms with van der Waals surface area (Å²) in [5.74, 6) is 1.10. The molecule has 0 aliphatic carbocycles. The van der Waals surface area contributed by atoms with Gasteiger partial charge in [0.2, 0.25) is 0 Å². The number of benzene rings is 2. The number of rotatable bonds is 3. The number of aromatic amines is 1. The average Bonchev–Trinajstić information content (AvgIpc) is 3.04. The number of halogens is 2. The van der Waals surface area contributed by atoms with Crippen LogP contribution < -0.4 is 37.2 Å². The maximum absolute atomic E-state index is 14.8. The van der Waals surface area contributed by atoms with E-state index in [1.807, 2.05) is 55.2 Å². The number of nitrogens with zero attached hydrogens (tertiary/aromatic N) is 2. The molecule has 1 aromatic heterocycles. The molecule has 170 valence electrons. The van der Waals surface area contributed by atoms with Crippen molar-refractivity contribution < 1.29 is 30.4 Å². The fourth-order valence-electron chi connectivity index (χ4n) is 3.43. The van der Waals surface area contributed by atoms with Crippen molar-refractivity contribution >= 4 is 51.6 Å². The summed E-state index contributed by atoms with van der Waals surface area (Å²) in [4.78, 5) is 25.4. The molecule has 3 aromatic rings. The first-order chi connectivity index (χ1) is 15.8. The van der Waals surface area contributed by atoms with Crippen LogP contribution in [-0.4, -0.2) is 26.5 Å². The summed E-state index contributed by atoms with van der Waals surface area (Å²) in [5.41, 5.74) is 4.00. The van der Waals surface area contributed by atoms with Crippen LogP contribution in [0.5, 0.6) is 0 Å². The summed E-state index contributed by atoms with van der Waals surface area (Å²) in [6.07, 6.45) is 0. The van der Waals surface area contributed by atoms with Gasteiger partial charge in [-0.15, -0.1) is 0 Å². The Balaban J connectivity index is 1.38. The Bertz CT molecular complexity index is 1380. The Labute approximate surface area is 204 Å². The predicted molar refractivity (Wildman–Crippen MR) is 128 cm³/mol. The number of aliphatic imine (C=N–C) groups is 1. The molecule has 2 aromatic carbocycles. The molecule has 10 heteroatoms. The molecule has 0 radical (unpaired) electrons. The Morgan fingerprint density at radius 3 is 2.73 bits per heavy atom. The zero-order valence-electron chi connectivity index (χ0n) is 18.1. The third-order valence-corrected chi connectivity index (χ3v) is 8.19. The number of amides is 1. The van der Waals surface area contributed by atoms with E-state index in [1.54, 1.807) is 10.1 Å². The van der Waals surface area contributed by atoms with E-state index >= 15 is 0 Å². The minimum atomic E-state index is -0.648. The van der Waals surface area contributed by atoms with Crippen molar-refractivity contribution in [1.82, 2.24) is 9.97 Å². The Morgan fingerprint density at radius 1 is 1.09 bits per heavy atom. The van der Waals surface area contributed by atoms with Crippen molar-refractivity contribution in [1.29, 1.82) is 0 Å². The molecular formula is C23H21FIN6OS-. The Kier molecular flexibility index (Phi) is 5.65. The molecule has 2 aliphatic rings. The summed E-state index contributed by atoms with van der Waals surface area (Å²) >= 11 is 0.859. The van der Waals surface area contributed by atoms with Crippen LogP contribution in [-0.2, 0) is 4.79 Å². The Morgan fingerprint density at radius 2 is 1.88 bits per heavy atom. The fraction of sp³-hybridized carbons (Fsp3) is 0.174. The van der Waals surface area contributed by atoms with Crippen LogP contribution in [0.1, 0.15) is 19.7 Å². The first kappa shape index (κ1) is 22.0. The van der Waals surface area contributed by atoms with Crippen LogP contribution in [0.3, 0.4) is 0 Å². The number of thioether (sulfide) groups is 1. The summed E-state index contributed by atoms with van der Waals surface area (Å²) in [7, 11) is 0. The van der Waals surface area contributed by atoms with Gasteiger partial charge in [0.15, 0.2) is 0 Å². The van der Waals surface area contributed by atoms with Crippen molar-refractivity contribution in [2.45, 2.75) is 30.4 Å². The number of aromatic nitrogens is 2. The molecule has 2 aliphatic heterocycles. The van der Waals surface area contributed by atoms with Gasteiger partial charge in [0.05, 0.1) is 0 Å². The summed E-state index contributed by atoms with van der Waals surface area (Å²) < 4.78 is 17.7. The van der Waals surface area contributed by atoms with E-state index in [1.165, 1.54) is 11.8 Å². The number of hydrogen-bond acceptors (Lipinski definition) is 6. The first-order valence-corrected chi connectivity index (χ1v) is 13.5. The van der Waals surface area contributed by atoms with Crippen LogP contribution in [0.4, 0.5) is 21.5 Å². The fourth-order valence-corrected chi connectivity index (χ4v) is 5.90. The van der Waals surface area contributed by atoms with Gasteiger partial charge in [-0.05, 0) is 0 Å². The van der Waals surface area contributed by atoms with E-state index in [0.29, 0.717) is 17.2 Å². The number of H-pyrrole nitrogens is 1. The van der Waals surface area contributed by atoms with Gasteiger partial charge in [0.25, 0.3) is 0 Å². The molecule has 3 heterocycles. The number of carbonyl (C=O) groups excluding carboxylic acids is 1. The monoisotopic (exact) mass is 575 g/mol. The molecule has 33 heavy (non-hydrogen) atoms. The van der Waals surface area contributed by atoms with E-state index < -0.39 is 31.8 Å². The van der Waals surface area contributed by atoms with E-state index in [0.717, 1.165) is 27.4 Å². The average molecular weight is 575 g/mol. The number of fused-ring (bicyclic) bond motifs is 2. The van der Waals surface area contributed by atoms with E-state index in [4.69, 9.17) is 0 Å². The molecule has 4 N–H and O–H groups in total. The quantitative estimate of drug-likeness (QED) is 0.360. The van der Waals surface area contributed by atoms with Gasteiger partial charge < -0.3 is 0 Å². The number of carbonyl (C=O) groups is 1. The summed E-state index contributed by atoms with van der Waals surface area (Å²) in [5, 5.41) is 9.28. The van der Waals surface area contributed by atoms with Crippen molar-refractivity contribution in [3.05, 3.63) is 62.0 Å². The normalized spacial score (nSPS) is 17.6. The molecule has 0 unspecified atom stereocenters. The van der Waals surface area contributed by atoms with Gasteiger partial charge in [-0.3, -0.25) is 0 Å². The molecule has 0 fully saturated rings. The second-order valence-electron chi connectivity index (χ2n) is 8.12. The van der Waals surface area contributed by atoms with Crippen LogP contribution in [0, 0.1) is 6.92 Å². The number of imidazole rings is 1. The molecule has 0 bridgehead atoms. The van der Waals surface area contributed by atoms with Crippen molar-refractivity contribution in [3.8, 4) is 0 Å². The van der Waals surface area contributed by atoms with Crippen molar-refractivity contribution in [2.75, 3.05) is 16.0 Å². The zero-order valence-corrected chi connectivity index (χ0v) is 21.1. The summed E-state index contributed by atoms with van der Waals surface area (Å²) in [6.45, 7) is 5.68. The van der Waals surface area contributed by atoms with Gasteiger partial charge in [-0.2, -0.15) is 0 Å². The number of aryl methyl sites for hydroxylation is 1. The molecule has 0 atom stereocenters. The SMILES string of the molecule is Cc1nc2ccc(NC3=C[I-]C=C(F)C(Nc4ccc5c(c4)NC(=O)C(C)(C)S5)=N3)cc2[nH]1. The standard InChI is InChI=1S/C23H21FIN6OS/c1-12-26-16-6-4-13(8-17(16)27-12)28-20-11-25-10-15(24)21(31-20)29-14-5-7-19-18(9-14)30-22(32)23(2,3)33-19/h4-11,28H,1-3H3,(H,26,27)(H,29,31)(H,30,32)/q-1. The second-order valence-corrected chi connectivity index (χ2v) is 11.7. The van der Waals surface area contributed by atoms with Crippen LogP contribution in [0.2, 0.25) is 0 Å². The zero-order chi connectivity index (χ0) is 23.2. The van der Waals surface area contributed by atoms with E-state index in [9.17, 15) is 9.18 Å². The molecule has 0 spiro atoms. The van der Waals surface area contributed by atoms with E-state index in [2.05, 4.69) is 30.9 Å². The van der Waals surface area contributed by atoms with Gasteiger partial charge in [0, 0.05) is 0 Å². The van der Waals surface area contributed by atoms with Crippen molar-refractivity contribution in [3.63, 3.8) is 0 Å². The number of nitrogens with one attached hydrogen (secondary N) is 4. The molecule has 7 nitrogen and oxygen atoms in total. The van der Waals surface area contributed by atoms with Crippen LogP contribution in [0.25, 0.3) is 11.0 Å². The topological polar surface area (TPSA) is 94.2 Å². The van der Waals surface area contributed by atoms with Gasteiger partial charge in [-0.25, -0.2) is 0 Å². The predicted octanol–water partition coefficient (Wildman–Crippen LogP) is 2.33. The van der Waals surface area contributed by atoms with Crippen LogP contribution >= 0.6 is 11.8 Å². The van der Waals surface area contributed by atoms with Gasteiger partial charge >= 0.3 is 205 Å². The minimum absolute atomic E-state index is 0.0568. The Hall–Kier alpha value is -2.86.